The van der Waals surface area contributed by atoms with Gasteiger partial charge in [0.2, 0.25) is 5.91 Å². The van der Waals surface area contributed by atoms with Crippen molar-refractivity contribution in [3.8, 4) is 0 Å². The Bertz CT molecular complexity index is 1100. The van der Waals surface area contributed by atoms with Crippen LogP contribution in [0.4, 0.5) is 5.82 Å². The number of hydrogen-bond acceptors (Lipinski definition) is 4. The Kier molecular flexibility index (Phi) is 5.67. The summed E-state index contributed by atoms with van der Waals surface area (Å²) in [5.41, 5.74) is 2.59. The van der Waals surface area contributed by atoms with Crippen LogP contribution in [-0.4, -0.2) is 28.5 Å². The van der Waals surface area contributed by atoms with Gasteiger partial charge in [-0.3, -0.25) is 9.59 Å². The standard InChI is InChI=1S/C22H23BrN4O2/c1-26-19-8-3-2-7-18(19)25-20(22(26)29)27-11-9-16(10-12-27)21(28)24-14-15-5-4-6-17(23)13-15/h2-8,13,16H,9-12,14H2,1H3,(H,24,28). The fourth-order valence-corrected chi connectivity index (χ4v) is 4.25. The highest BCUT2D eigenvalue weighted by Crippen LogP contribution is 2.22. The number of carbonyl (C=O) groups is 1. The molecule has 1 fully saturated rings. The second kappa shape index (κ2) is 8.37. The van der Waals surface area contributed by atoms with E-state index in [1.165, 1.54) is 0 Å². The van der Waals surface area contributed by atoms with Crippen molar-refractivity contribution in [2.45, 2.75) is 19.4 Å². The summed E-state index contributed by atoms with van der Waals surface area (Å²) in [6, 6.07) is 15.6. The molecule has 4 rings (SSSR count). The first-order valence-corrected chi connectivity index (χ1v) is 10.5. The van der Waals surface area contributed by atoms with E-state index in [0.717, 1.165) is 21.1 Å². The summed E-state index contributed by atoms with van der Waals surface area (Å²) >= 11 is 3.45. The zero-order valence-electron chi connectivity index (χ0n) is 16.3. The van der Waals surface area contributed by atoms with Gasteiger partial charge in [0.1, 0.15) is 0 Å². The fourth-order valence-electron chi connectivity index (χ4n) is 3.80. The van der Waals surface area contributed by atoms with Crippen LogP contribution in [0, 0.1) is 5.92 Å². The number of amides is 1. The van der Waals surface area contributed by atoms with E-state index >= 15 is 0 Å². The molecule has 2 heterocycles. The number of benzene rings is 2. The zero-order chi connectivity index (χ0) is 20.4. The normalized spacial score (nSPS) is 14.9. The highest BCUT2D eigenvalue weighted by molar-refractivity contribution is 9.10. The van der Waals surface area contributed by atoms with Gasteiger partial charge in [0.25, 0.3) is 5.56 Å². The Labute approximate surface area is 177 Å². The maximum absolute atomic E-state index is 12.8. The zero-order valence-corrected chi connectivity index (χ0v) is 17.9. The summed E-state index contributed by atoms with van der Waals surface area (Å²) in [5.74, 6) is 0.505. The lowest BCUT2D eigenvalue weighted by molar-refractivity contribution is -0.125. The van der Waals surface area contributed by atoms with Crippen LogP contribution < -0.4 is 15.8 Å². The van der Waals surface area contributed by atoms with Gasteiger partial charge in [0.15, 0.2) is 5.82 Å². The molecule has 1 aliphatic rings. The molecule has 0 atom stereocenters. The van der Waals surface area contributed by atoms with Gasteiger partial charge in [-0.1, -0.05) is 40.2 Å². The number of anilines is 1. The molecule has 0 aliphatic carbocycles. The molecule has 1 aliphatic heterocycles. The van der Waals surface area contributed by atoms with Crippen molar-refractivity contribution in [1.82, 2.24) is 14.9 Å². The molecule has 1 saturated heterocycles. The van der Waals surface area contributed by atoms with Gasteiger partial charge >= 0.3 is 0 Å². The van der Waals surface area contributed by atoms with Crippen molar-refractivity contribution in [1.29, 1.82) is 0 Å². The fraction of sp³-hybridized carbons (Fsp3) is 0.318. The van der Waals surface area contributed by atoms with Crippen LogP contribution in [0.25, 0.3) is 11.0 Å². The predicted molar refractivity (Wildman–Crippen MR) is 118 cm³/mol. The molecular weight excluding hydrogens is 432 g/mol. The van der Waals surface area contributed by atoms with Gasteiger partial charge in [-0.15, -0.1) is 0 Å². The number of nitrogens with zero attached hydrogens (tertiary/aromatic N) is 3. The van der Waals surface area contributed by atoms with Gasteiger partial charge in [0.05, 0.1) is 11.0 Å². The number of fused-ring (bicyclic) bond motifs is 1. The largest absolute Gasteiger partial charge is 0.352 e. The van der Waals surface area contributed by atoms with Gasteiger partial charge in [-0.2, -0.15) is 0 Å². The van der Waals surface area contributed by atoms with Crippen molar-refractivity contribution in [3.05, 3.63) is 68.9 Å². The van der Waals surface area contributed by atoms with Crippen LogP contribution in [0.3, 0.4) is 0 Å². The first-order chi connectivity index (χ1) is 14.0. The van der Waals surface area contributed by atoms with Gasteiger partial charge in [-0.25, -0.2) is 4.98 Å². The summed E-state index contributed by atoms with van der Waals surface area (Å²) in [6.45, 7) is 1.82. The van der Waals surface area contributed by atoms with Crippen LogP contribution >= 0.6 is 15.9 Å². The molecule has 0 unspecified atom stereocenters. The van der Waals surface area contributed by atoms with E-state index in [9.17, 15) is 9.59 Å². The Morgan fingerprint density at radius 3 is 2.69 bits per heavy atom. The van der Waals surface area contributed by atoms with Crippen molar-refractivity contribution in [3.63, 3.8) is 0 Å². The lowest BCUT2D eigenvalue weighted by atomic mass is 9.96. The molecule has 1 amide bonds. The number of rotatable bonds is 4. The number of hydrogen-bond donors (Lipinski definition) is 1. The average molecular weight is 455 g/mol. The van der Waals surface area contributed by atoms with Crippen molar-refractivity contribution in [2.24, 2.45) is 13.0 Å². The smallest absolute Gasteiger partial charge is 0.293 e. The van der Waals surface area contributed by atoms with E-state index in [-0.39, 0.29) is 17.4 Å². The predicted octanol–water partition coefficient (Wildman–Crippen LogP) is 3.23. The highest BCUT2D eigenvalue weighted by atomic mass is 79.9. The van der Waals surface area contributed by atoms with E-state index in [0.29, 0.717) is 38.3 Å². The maximum atomic E-state index is 12.8. The number of aryl methyl sites for hydroxylation is 1. The second-order valence-electron chi connectivity index (χ2n) is 7.40. The summed E-state index contributed by atoms with van der Waals surface area (Å²) < 4.78 is 2.65. The minimum atomic E-state index is -0.0961. The molecule has 6 nitrogen and oxygen atoms in total. The molecule has 3 aromatic rings. The lowest BCUT2D eigenvalue weighted by Crippen LogP contribution is -2.43. The van der Waals surface area contributed by atoms with Crippen molar-refractivity contribution in [2.75, 3.05) is 18.0 Å². The first kappa shape index (κ1) is 19.6. The van der Waals surface area contributed by atoms with Crippen LogP contribution in [0.5, 0.6) is 0 Å². The van der Waals surface area contributed by atoms with E-state index in [4.69, 9.17) is 0 Å². The van der Waals surface area contributed by atoms with Crippen LogP contribution in [0.15, 0.2) is 57.8 Å². The second-order valence-corrected chi connectivity index (χ2v) is 8.31. The van der Waals surface area contributed by atoms with E-state index < -0.39 is 0 Å². The number of aromatic nitrogens is 2. The van der Waals surface area contributed by atoms with E-state index in [2.05, 4.69) is 26.2 Å². The minimum Gasteiger partial charge on any atom is -0.352 e. The van der Waals surface area contributed by atoms with E-state index in [1.54, 1.807) is 11.6 Å². The number of para-hydroxylation sites is 2. The van der Waals surface area contributed by atoms with E-state index in [1.807, 2.05) is 53.4 Å². The first-order valence-electron chi connectivity index (χ1n) is 9.76. The molecule has 0 bridgehead atoms. The minimum absolute atomic E-state index is 0.0392. The summed E-state index contributed by atoms with van der Waals surface area (Å²) in [4.78, 5) is 31.9. The summed E-state index contributed by atoms with van der Waals surface area (Å²) in [6.07, 6.45) is 1.42. The quantitative estimate of drug-likeness (QED) is 0.656. The molecule has 1 aromatic heterocycles. The van der Waals surface area contributed by atoms with Crippen molar-refractivity contribution < 1.29 is 4.79 Å². The average Bonchev–Trinajstić information content (AvgIpc) is 2.75. The monoisotopic (exact) mass is 454 g/mol. The van der Waals surface area contributed by atoms with Gasteiger partial charge < -0.3 is 14.8 Å². The van der Waals surface area contributed by atoms with Gasteiger partial charge in [0, 0.05) is 37.1 Å². The Morgan fingerprint density at radius 2 is 1.93 bits per heavy atom. The number of piperidine rings is 1. The van der Waals surface area contributed by atoms with Gasteiger partial charge in [-0.05, 0) is 42.7 Å². The maximum Gasteiger partial charge on any atom is 0.293 e. The Hall–Kier alpha value is -2.67. The summed E-state index contributed by atoms with van der Waals surface area (Å²) in [5, 5.41) is 3.04. The molecule has 0 radical (unpaired) electrons. The molecular formula is C22H23BrN4O2. The van der Waals surface area contributed by atoms with Crippen LogP contribution in [0.2, 0.25) is 0 Å². The number of halogens is 1. The number of nitrogens with one attached hydrogen (secondary N) is 1. The third kappa shape index (κ3) is 4.19. The third-order valence-corrected chi connectivity index (χ3v) is 5.98. The molecule has 150 valence electrons. The topological polar surface area (TPSA) is 67.2 Å². The molecule has 29 heavy (non-hydrogen) atoms. The Balaban J connectivity index is 1.40. The molecule has 0 spiro atoms. The SMILES string of the molecule is Cn1c(=O)c(N2CCC(C(=O)NCc3cccc(Br)c3)CC2)nc2ccccc21. The Morgan fingerprint density at radius 1 is 1.17 bits per heavy atom. The van der Waals surface area contributed by atoms with Crippen molar-refractivity contribution >= 4 is 38.7 Å². The molecule has 2 aromatic carbocycles. The summed E-state index contributed by atoms with van der Waals surface area (Å²) in [7, 11) is 1.78. The molecule has 1 N–H and O–H groups in total. The van der Waals surface area contributed by atoms with Crippen LogP contribution in [0.1, 0.15) is 18.4 Å². The van der Waals surface area contributed by atoms with Crippen LogP contribution in [-0.2, 0) is 18.4 Å². The lowest BCUT2D eigenvalue weighted by Gasteiger charge is -2.32. The number of carbonyl (C=O) groups excluding carboxylic acids is 1. The highest BCUT2D eigenvalue weighted by Gasteiger charge is 2.27. The molecule has 7 heteroatoms. The molecule has 0 saturated carbocycles. The third-order valence-electron chi connectivity index (χ3n) is 5.49.